The zero-order valence-electron chi connectivity index (χ0n) is 18.4. The largest absolute Gasteiger partial charge is 0.378 e. The Morgan fingerprint density at radius 2 is 1.74 bits per heavy atom. The second-order valence-corrected chi connectivity index (χ2v) is 9.35. The molecule has 0 bridgehead atoms. The van der Waals surface area contributed by atoms with Gasteiger partial charge in [-0.2, -0.15) is 5.10 Å². The highest BCUT2D eigenvalue weighted by Crippen LogP contribution is 2.43. The summed E-state index contributed by atoms with van der Waals surface area (Å²) in [6.07, 6.45) is 2.75. The lowest BCUT2D eigenvalue weighted by atomic mass is 9.76. The second kappa shape index (κ2) is 7.91. The number of carbonyl (C=O) groups excluding carboxylic acids is 2. The Morgan fingerprint density at radius 1 is 1.03 bits per heavy atom. The van der Waals surface area contributed by atoms with E-state index in [1.807, 2.05) is 41.1 Å². The molecule has 1 spiro atoms. The molecular weight excluding hydrogens is 394 g/mol. The molecule has 3 fully saturated rings. The van der Waals surface area contributed by atoms with Crippen LogP contribution in [0.2, 0.25) is 0 Å². The van der Waals surface area contributed by atoms with Crippen molar-refractivity contribution in [2.45, 2.75) is 25.3 Å². The first-order valence-corrected chi connectivity index (χ1v) is 11.3. The van der Waals surface area contributed by atoms with Crippen molar-refractivity contribution in [3.63, 3.8) is 0 Å². The Kier molecular flexibility index (Phi) is 5.22. The van der Waals surface area contributed by atoms with E-state index >= 15 is 0 Å². The molecule has 1 atom stereocenters. The highest BCUT2D eigenvalue weighted by molar-refractivity contribution is 6.04. The number of aryl methyl sites for hydroxylation is 1. The van der Waals surface area contributed by atoms with Gasteiger partial charge in [-0.15, -0.1) is 0 Å². The number of rotatable bonds is 2. The highest BCUT2D eigenvalue weighted by atomic mass is 16.5. The normalized spacial score (nSPS) is 24.3. The topological polar surface area (TPSA) is 70.9 Å². The third kappa shape index (κ3) is 3.61. The number of carbonyl (C=O) groups is 2. The van der Waals surface area contributed by atoms with Crippen molar-refractivity contribution in [2.75, 3.05) is 53.0 Å². The molecule has 0 radical (unpaired) electrons. The van der Waals surface area contributed by atoms with Gasteiger partial charge in [-0.1, -0.05) is 18.2 Å². The number of likely N-dealkylation sites (N-methyl/N-ethyl adjacent to an activating group) is 1. The van der Waals surface area contributed by atoms with E-state index in [4.69, 9.17) is 4.74 Å². The van der Waals surface area contributed by atoms with Crippen LogP contribution < -0.4 is 0 Å². The molecule has 31 heavy (non-hydrogen) atoms. The van der Waals surface area contributed by atoms with Gasteiger partial charge in [0, 0.05) is 45.2 Å². The average Bonchev–Trinajstić information content (AvgIpc) is 3.31. The molecule has 2 amide bonds. The van der Waals surface area contributed by atoms with Crippen molar-refractivity contribution >= 4 is 22.7 Å². The van der Waals surface area contributed by atoms with E-state index in [1.165, 1.54) is 0 Å². The van der Waals surface area contributed by atoms with Crippen molar-refractivity contribution in [1.29, 1.82) is 0 Å². The number of nitrogens with zero attached hydrogens (tertiary/aromatic N) is 5. The summed E-state index contributed by atoms with van der Waals surface area (Å²) in [6.45, 7) is 5.00. The van der Waals surface area contributed by atoms with Crippen LogP contribution >= 0.6 is 0 Å². The van der Waals surface area contributed by atoms with Crippen LogP contribution in [-0.2, 0) is 16.6 Å². The number of benzene rings is 1. The van der Waals surface area contributed by atoms with Crippen LogP contribution in [0.15, 0.2) is 24.3 Å². The van der Waals surface area contributed by atoms with E-state index in [-0.39, 0.29) is 23.3 Å². The molecule has 0 aliphatic carbocycles. The maximum absolute atomic E-state index is 13.2. The minimum absolute atomic E-state index is 0.0129. The van der Waals surface area contributed by atoms with E-state index in [0.29, 0.717) is 32.0 Å². The van der Waals surface area contributed by atoms with Gasteiger partial charge >= 0.3 is 0 Å². The van der Waals surface area contributed by atoms with Gasteiger partial charge in [0.1, 0.15) is 0 Å². The molecule has 5 rings (SSSR count). The van der Waals surface area contributed by atoms with E-state index in [9.17, 15) is 9.59 Å². The third-order valence-electron chi connectivity index (χ3n) is 7.42. The minimum Gasteiger partial charge on any atom is -0.378 e. The number of piperidine rings is 1. The predicted molar refractivity (Wildman–Crippen MR) is 117 cm³/mol. The third-order valence-corrected chi connectivity index (χ3v) is 7.42. The molecule has 1 unspecified atom stereocenters. The van der Waals surface area contributed by atoms with Crippen LogP contribution in [0, 0.1) is 5.41 Å². The van der Waals surface area contributed by atoms with Crippen LogP contribution in [0.5, 0.6) is 0 Å². The zero-order valence-corrected chi connectivity index (χ0v) is 18.4. The van der Waals surface area contributed by atoms with Crippen LogP contribution in [0.4, 0.5) is 0 Å². The molecule has 4 heterocycles. The second-order valence-electron chi connectivity index (χ2n) is 9.35. The lowest BCUT2D eigenvalue weighted by Crippen LogP contribution is -2.48. The van der Waals surface area contributed by atoms with Gasteiger partial charge in [-0.3, -0.25) is 19.2 Å². The smallest absolute Gasteiger partial charge is 0.275 e. The quantitative estimate of drug-likeness (QED) is 0.727. The van der Waals surface area contributed by atoms with E-state index in [2.05, 4.69) is 17.0 Å². The summed E-state index contributed by atoms with van der Waals surface area (Å²) in [6, 6.07) is 7.82. The minimum atomic E-state index is -0.0555. The maximum atomic E-state index is 13.2. The monoisotopic (exact) mass is 425 g/mol. The molecule has 0 N–H and O–H groups in total. The number of aromatic nitrogens is 2. The number of fused-ring (bicyclic) bond motifs is 1. The first-order valence-electron chi connectivity index (χ1n) is 11.3. The molecule has 3 aliphatic heterocycles. The fourth-order valence-electron chi connectivity index (χ4n) is 5.61. The van der Waals surface area contributed by atoms with E-state index < -0.39 is 0 Å². The number of hydrogen-bond donors (Lipinski definition) is 0. The SMILES string of the molecule is CN1CC2(CCN(C(=O)c3nn(C)c4ccccc34)CC2)CC1C(=O)N1CCOCC1. The molecule has 8 nitrogen and oxygen atoms in total. The maximum Gasteiger partial charge on any atom is 0.275 e. The summed E-state index contributed by atoms with van der Waals surface area (Å²) in [4.78, 5) is 32.4. The summed E-state index contributed by atoms with van der Waals surface area (Å²) in [5.74, 6) is 0.250. The molecular formula is C23H31N5O3. The fourth-order valence-corrected chi connectivity index (χ4v) is 5.61. The number of hydrogen-bond acceptors (Lipinski definition) is 5. The van der Waals surface area contributed by atoms with Crippen molar-refractivity contribution in [3.8, 4) is 0 Å². The number of morpholine rings is 1. The Balaban J connectivity index is 1.25. The molecule has 1 aromatic heterocycles. The molecule has 166 valence electrons. The van der Waals surface area contributed by atoms with Crippen molar-refractivity contribution < 1.29 is 14.3 Å². The van der Waals surface area contributed by atoms with Crippen LogP contribution in [0.25, 0.3) is 10.9 Å². The number of ether oxygens (including phenoxy) is 1. The summed E-state index contributed by atoms with van der Waals surface area (Å²) >= 11 is 0. The molecule has 0 saturated carbocycles. The first kappa shape index (κ1) is 20.5. The Hall–Kier alpha value is -2.45. The molecule has 3 saturated heterocycles. The van der Waals surface area contributed by atoms with Crippen molar-refractivity contribution in [1.82, 2.24) is 24.5 Å². The Bertz CT molecular complexity index is 988. The summed E-state index contributed by atoms with van der Waals surface area (Å²) in [5.41, 5.74) is 1.63. The highest BCUT2D eigenvalue weighted by Gasteiger charge is 2.48. The summed E-state index contributed by atoms with van der Waals surface area (Å²) in [7, 11) is 3.94. The molecule has 3 aliphatic rings. The first-order chi connectivity index (χ1) is 15.0. The Morgan fingerprint density at radius 3 is 2.48 bits per heavy atom. The number of amides is 2. The lowest BCUT2D eigenvalue weighted by molar-refractivity contribution is -0.139. The van der Waals surface area contributed by atoms with Gasteiger partial charge in [0.25, 0.3) is 5.91 Å². The predicted octanol–water partition coefficient (Wildman–Crippen LogP) is 1.36. The zero-order chi connectivity index (χ0) is 21.6. The van der Waals surface area contributed by atoms with Gasteiger partial charge in [0.2, 0.25) is 5.91 Å². The van der Waals surface area contributed by atoms with Gasteiger partial charge in [0.05, 0.1) is 24.8 Å². The standard InChI is InChI=1S/C23H31N5O3/c1-25-16-23(15-19(25)21(29)28-11-13-31-14-12-28)7-9-27(10-8-23)22(30)20-17-5-3-4-6-18(17)26(2)24-20/h3-6,19H,7-16H2,1-2H3. The molecule has 1 aromatic carbocycles. The van der Waals surface area contributed by atoms with Crippen LogP contribution in [-0.4, -0.2) is 95.3 Å². The fraction of sp³-hybridized carbons (Fsp3) is 0.609. The van der Waals surface area contributed by atoms with Gasteiger partial charge < -0.3 is 14.5 Å². The molecule has 2 aromatic rings. The average molecular weight is 426 g/mol. The van der Waals surface area contributed by atoms with Crippen LogP contribution in [0.1, 0.15) is 29.8 Å². The van der Waals surface area contributed by atoms with Gasteiger partial charge in [0.15, 0.2) is 5.69 Å². The number of likely N-dealkylation sites (tertiary alicyclic amines) is 2. The van der Waals surface area contributed by atoms with E-state index in [0.717, 1.165) is 49.8 Å². The van der Waals surface area contributed by atoms with Crippen molar-refractivity contribution in [2.24, 2.45) is 12.5 Å². The summed E-state index contributed by atoms with van der Waals surface area (Å²) in [5, 5.41) is 5.42. The number of para-hydroxylation sites is 1. The Labute approximate surface area is 182 Å². The van der Waals surface area contributed by atoms with Gasteiger partial charge in [-0.25, -0.2) is 0 Å². The van der Waals surface area contributed by atoms with E-state index in [1.54, 1.807) is 4.68 Å². The van der Waals surface area contributed by atoms with Crippen LogP contribution in [0.3, 0.4) is 0 Å². The summed E-state index contributed by atoms with van der Waals surface area (Å²) < 4.78 is 7.18. The lowest BCUT2D eigenvalue weighted by Gasteiger charge is -2.39. The van der Waals surface area contributed by atoms with Crippen molar-refractivity contribution in [3.05, 3.63) is 30.0 Å². The van der Waals surface area contributed by atoms with Gasteiger partial charge in [-0.05, 0) is 37.8 Å². The molecule has 8 heteroatoms.